The van der Waals surface area contributed by atoms with Gasteiger partial charge in [-0.05, 0) is 41.8 Å². The molecule has 24 heavy (non-hydrogen) atoms. The molecule has 1 aliphatic rings. The molecule has 2 heterocycles. The van der Waals surface area contributed by atoms with Gasteiger partial charge in [-0.1, -0.05) is 36.4 Å². The second-order valence-electron chi connectivity index (χ2n) is 5.75. The number of nitrogens with zero attached hydrogens (tertiary/aromatic N) is 1. The molecule has 0 aliphatic carbocycles. The van der Waals surface area contributed by atoms with Crippen molar-refractivity contribution in [1.29, 1.82) is 0 Å². The van der Waals surface area contributed by atoms with E-state index in [0.29, 0.717) is 5.75 Å². The minimum atomic E-state index is -0.761. The topological polar surface area (TPSA) is 55.6 Å². The molecule has 0 fully saturated rings. The fourth-order valence-corrected chi connectivity index (χ4v) is 3.72. The van der Waals surface area contributed by atoms with Crippen molar-refractivity contribution in [2.75, 3.05) is 19.6 Å². The molecule has 125 valence electrons. The molecule has 3 rings (SSSR count). The highest BCUT2D eigenvalue weighted by Crippen LogP contribution is 2.35. The van der Waals surface area contributed by atoms with Gasteiger partial charge in [-0.25, -0.2) is 4.79 Å². The molecule has 4 nitrogen and oxygen atoms in total. The van der Waals surface area contributed by atoms with Crippen LogP contribution in [0.15, 0.2) is 47.9 Å². The molecule has 5 heteroatoms. The van der Waals surface area contributed by atoms with Crippen LogP contribution in [-0.2, 0) is 6.42 Å². The summed E-state index contributed by atoms with van der Waals surface area (Å²) < 4.78 is 5.07. The standard InChI is InChI=1S/C19H21N2O2S/c20-19(22)23-17-10-14-24-18(17)16-8-12-21(13-9-16)11-4-7-15-5-2-1-3-6-15/h1-6,8,10,14H,7,9,11-13H2,(H2,20,22). The molecule has 0 saturated heterocycles. The fourth-order valence-electron chi connectivity index (χ4n) is 2.83. The molecule has 0 saturated carbocycles. The lowest BCUT2D eigenvalue weighted by atomic mass is 10.0. The molecule has 2 N–H and O–H groups in total. The largest absolute Gasteiger partial charge is 0.410 e. The Labute approximate surface area is 146 Å². The van der Waals surface area contributed by atoms with Gasteiger partial charge in [0.1, 0.15) is 0 Å². The molecule has 1 amide bonds. The summed E-state index contributed by atoms with van der Waals surface area (Å²) in [6, 6.07) is 12.3. The molecule has 0 atom stereocenters. The van der Waals surface area contributed by atoms with E-state index in [1.165, 1.54) is 11.1 Å². The van der Waals surface area contributed by atoms with Crippen LogP contribution in [0.2, 0.25) is 0 Å². The first-order valence-corrected chi connectivity index (χ1v) is 8.92. The molecule has 0 spiro atoms. The maximum atomic E-state index is 11.0. The molecule has 0 bridgehead atoms. The Kier molecular flexibility index (Phi) is 5.67. The van der Waals surface area contributed by atoms with Crippen LogP contribution in [0.5, 0.6) is 5.75 Å². The van der Waals surface area contributed by atoms with Gasteiger partial charge in [-0.2, -0.15) is 0 Å². The first-order valence-electron chi connectivity index (χ1n) is 8.04. The van der Waals surface area contributed by atoms with E-state index in [0.717, 1.165) is 37.4 Å². The molecule has 1 radical (unpaired) electrons. The Balaban J connectivity index is 1.51. The molecule has 0 unspecified atom stereocenters. The van der Waals surface area contributed by atoms with Gasteiger partial charge < -0.3 is 10.5 Å². The lowest BCUT2D eigenvalue weighted by Gasteiger charge is -2.26. The van der Waals surface area contributed by atoms with Gasteiger partial charge in [0.2, 0.25) is 0 Å². The third-order valence-electron chi connectivity index (χ3n) is 4.03. The monoisotopic (exact) mass is 341 g/mol. The molecular weight excluding hydrogens is 320 g/mol. The second kappa shape index (κ2) is 8.13. The molecule has 1 aromatic heterocycles. The highest BCUT2D eigenvalue weighted by molar-refractivity contribution is 7.11. The predicted octanol–water partition coefficient (Wildman–Crippen LogP) is 3.74. The summed E-state index contributed by atoms with van der Waals surface area (Å²) in [4.78, 5) is 14.4. The minimum absolute atomic E-state index is 0.572. The molecular formula is C19H21N2O2S. The van der Waals surface area contributed by atoms with Crippen LogP contribution in [0.4, 0.5) is 4.79 Å². The van der Waals surface area contributed by atoms with E-state index in [-0.39, 0.29) is 0 Å². The first kappa shape index (κ1) is 16.7. The van der Waals surface area contributed by atoms with Crippen LogP contribution in [0, 0.1) is 6.42 Å². The summed E-state index contributed by atoms with van der Waals surface area (Å²) in [5.41, 5.74) is 7.70. The number of ether oxygens (including phenoxy) is 1. The Hall–Kier alpha value is -2.11. The van der Waals surface area contributed by atoms with Crippen LogP contribution in [0.1, 0.15) is 16.9 Å². The SMILES string of the molecule is NC(=O)Oc1ccsc1C1=CCN(C[CH]Cc2ccccc2)CC1. The van der Waals surface area contributed by atoms with Crippen molar-refractivity contribution in [3.05, 3.63) is 64.7 Å². The van der Waals surface area contributed by atoms with Crippen molar-refractivity contribution in [2.24, 2.45) is 5.73 Å². The van der Waals surface area contributed by atoms with E-state index in [9.17, 15) is 4.79 Å². The summed E-state index contributed by atoms with van der Waals surface area (Å²) in [5.74, 6) is 0.572. The van der Waals surface area contributed by atoms with Crippen molar-refractivity contribution in [1.82, 2.24) is 4.90 Å². The first-order chi connectivity index (χ1) is 11.7. The normalized spacial score (nSPS) is 15.1. The maximum absolute atomic E-state index is 11.0. The Morgan fingerprint density at radius 1 is 1.29 bits per heavy atom. The van der Waals surface area contributed by atoms with Gasteiger partial charge in [-0.3, -0.25) is 4.90 Å². The Bertz CT molecular complexity index is 709. The number of thiophene rings is 1. The van der Waals surface area contributed by atoms with Crippen molar-refractivity contribution in [3.8, 4) is 5.75 Å². The van der Waals surface area contributed by atoms with Crippen molar-refractivity contribution in [2.45, 2.75) is 12.8 Å². The van der Waals surface area contributed by atoms with E-state index in [1.807, 2.05) is 11.4 Å². The van der Waals surface area contributed by atoms with Crippen LogP contribution in [-0.4, -0.2) is 30.6 Å². The number of nitrogens with two attached hydrogens (primary N) is 1. The number of hydrogen-bond donors (Lipinski definition) is 1. The van der Waals surface area contributed by atoms with Crippen LogP contribution < -0.4 is 10.5 Å². The Morgan fingerprint density at radius 2 is 2.12 bits per heavy atom. The third kappa shape index (κ3) is 4.46. The number of amides is 1. The zero-order valence-electron chi connectivity index (χ0n) is 13.5. The zero-order valence-corrected chi connectivity index (χ0v) is 14.3. The average Bonchev–Trinajstić information content (AvgIpc) is 3.04. The lowest BCUT2D eigenvalue weighted by molar-refractivity contribution is 0.211. The Morgan fingerprint density at radius 3 is 2.83 bits per heavy atom. The van der Waals surface area contributed by atoms with Crippen LogP contribution in [0.25, 0.3) is 5.57 Å². The highest BCUT2D eigenvalue weighted by Gasteiger charge is 2.17. The molecule has 2 aromatic rings. The smallest absolute Gasteiger partial charge is 0.409 e. The van der Waals surface area contributed by atoms with Crippen molar-refractivity contribution < 1.29 is 9.53 Å². The highest BCUT2D eigenvalue weighted by atomic mass is 32.1. The second-order valence-corrected chi connectivity index (χ2v) is 6.67. The number of rotatable bonds is 6. The third-order valence-corrected chi connectivity index (χ3v) is 5.01. The van der Waals surface area contributed by atoms with Gasteiger partial charge in [-0.15, -0.1) is 11.3 Å². The van der Waals surface area contributed by atoms with Gasteiger partial charge in [0.05, 0.1) is 4.88 Å². The number of benzene rings is 1. The predicted molar refractivity (Wildman–Crippen MR) is 98.0 cm³/mol. The van der Waals surface area contributed by atoms with Crippen LogP contribution in [0.3, 0.4) is 0 Å². The van der Waals surface area contributed by atoms with E-state index < -0.39 is 6.09 Å². The average molecular weight is 341 g/mol. The van der Waals surface area contributed by atoms with Crippen molar-refractivity contribution >= 4 is 23.0 Å². The van der Waals surface area contributed by atoms with Gasteiger partial charge in [0.25, 0.3) is 0 Å². The van der Waals surface area contributed by atoms with E-state index in [4.69, 9.17) is 10.5 Å². The number of primary amides is 1. The van der Waals surface area contributed by atoms with E-state index >= 15 is 0 Å². The van der Waals surface area contributed by atoms with E-state index in [2.05, 4.69) is 41.7 Å². The fraction of sp³-hybridized carbons (Fsp3) is 0.263. The summed E-state index contributed by atoms with van der Waals surface area (Å²) in [7, 11) is 0. The molecule has 1 aliphatic heterocycles. The molecule has 1 aromatic carbocycles. The van der Waals surface area contributed by atoms with Gasteiger partial charge in [0.15, 0.2) is 5.75 Å². The zero-order chi connectivity index (χ0) is 16.8. The number of carbonyl (C=O) groups excluding carboxylic acids is 1. The summed E-state index contributed by atoms with van der Waals surface area (Å²) >= 11 is 1.59. The number of hydrogen-bond acceptors (Lipinski definition) is 4. The minimum Gasteiger partial charge on any atom is -0.409 e. The lowest BCUT2D eigenvalue weighted by Crippen LogP contribution is -2.30. The summed E-state index contributed by atoms with van der Waals surface area (Å²) in [6.45, 7) is 2.90. The summed E-state index contributed by atoms with van der Waals surface area (Å²) in [5, 5.41) is 1.93. The summed E-state index contributed by atoms with van der Waals surface area (Å²) in [6.07, 6.45) is 5.73. The van der Waals surface area contributed by atoms with Gasteiger partial charge >= 0.3 is 6.09 Å². The van der Waals surface area contributed by atoms with Crippen molar-refractivity contribution in [3.63, 3.8) is 0 Å². The maximum Gasteiger partial charge on any atom is 0.410 e. The quantitative estimate of drug-likeness (QED) is 0.871. The van der Waals surface area contributed by atoms with Crippen LogP contribution >= 0.6 is 11.3 Å². The van der Waals surface area contributed by atoms with E-state index in [1.54, 1.807) is 17.4 Å². The number of carbonyl (C=O) groups is 1. The van der Waals surface area contributed by atoms with Gasteiger partial charge in [0, 0.05) is 19.6 Å².